The van der Waals surface area contributed by atoms with Crippen molar-refractivity contribution < 1.29 is 4.79 Å². The Bertz CT molecular complexity index is 772. The van der Waals surface area contributed by atoms with E-state index in [0.717, 1.165) is 30.1 Å². The van der Waals surface area contributed by atoms with E-state index in [2.05, 4.69) is 57.4 Å². The summed E-state index contributed by atoms with van der Waals surface area (Å²) in [5.74, 6) is 0.782. The van der Waals surface area contributed by atoms with Crippen LogP contribution in [0.3, 0.4) is 0 Å². The summed E-state index contributed by atoms with van der Waals surface area (Å²) in [5, 5.41) is 12.4. The van der Waals surface area contributed by atoms with Crippen molar-refractivity contribution in [3.05, 3.63) is 65.7 Å². The minimum absolute atomic E-state index is 0.104. The number of guanidine groups is 1. The summed E-state index contributed by atoms with van der Waals surface area (Å²) in [6.07, 6.45) is 2.06. The second-order valence-electron chi connectivity index (χ2n) is 7.45. The van der Waals surface area contributed by atoms with Crippen LogP contribution in [0.1, 0.15) is 38.3 Å². The normalized spacial score (nSPS) is 12.4. The number of nitrogens with one attached hydrogen (secondary N) is 4. The molecular formula is C23H33N5O. The van der Waals surface area contributed by atoms with Gasteiger partial charge < -0.3 is 21.3 Å². The molecule has 29 heavy (non-hydrogen) atoms. The van der Waals surface area contributed by atoms with Gasteiger partial charge >= 0.3 is 6.03 Å². The van der Waals surface area contributed by atoms with Crippen LogP contribution in [0.2, 0.25) is 0 Å². The molecule has 2 amide bonds. The SMILES string of the molecule is CN=C(NCc1ccc(NC(=O)NC(C)C)cc1)NC(C)CCc1ccccc1. The van der Waals surface area contributed by atoms with Crippen molar-refractivity contribution in [1.29, 1.82) is 0 Å². The third-order valence-corrected chi connectivity index (χ3v) is 4.41. The van der Waals surface area contributed by atoms with Gasteiger partial charge in [0.2, 0.25) is 0 Å². The molecule has 2 aromatic rings. The van der Waals surface area contributed by atoms with Crippen LogP contribution in [0.5, 0.6) is 0 Å². The first-order valence-electron chi connectivity index (χ1n) is 10.1. The average Bonchev–Trinajstić information content (AvgIpc) is 2.70. The first-order chi connectivity index (χ1) is 14.0. The Morgan fingerprint density at radius 3 is 2.24 bits per heavy atom. The molecule has 4 N–H and O–H groups in total. The second-order valence-corrected chi connectivity index (χ2v) is 7.45. The lowest BCUT2D eigenvalue weighted by Crippen LogP contribution is -2.42. The maximum absolute atomic E-state index is 11.7. The Balaban J connectivity index is 1.76. The average molecular weight is 396 g/mol. The Morgan fingerprint density at radius 2 is 1.62 bits per heavy atom. The molecule has 0 radical (unpaired) electrons. The largest absolute Gasteiger partial charge is 0.354 e. The lowest BCUT2D eigenvalue weighted by atomic mass is 10.1. The van der Waals surface area contributed by atoms with Gasteiger partial charge in [-0.25, -0.2) is 4.79 Å². The van der Waals surface area contributed by atoms with Gasteiger partial charge in [-0.05, 0) is 56.9 Å². The predicted molar refractivity (Wildman–Crippen MR) is 121 cm³/mol. The van der Waals surface area contributed by atoms with Gasteiger partial charge in [0.05, 0.1) is 0 Å². The van der Waals surface area contributed by atoms with E-state index in [1.165, 1.54) is 5.56 Å². The molecule has 156 valence electrons. The highest BCUT2D eigenvalue weighted by Crippen LogP contribution is 2.09. The molecule has 2 aromatic carbocycles. The van der Waals surface area contributed by atoms with Gasteiger partial charge in [-0.2, -0.15) is 0 Å². The number of aliphatic imine (C=N–C) groups is 1. The van der Waals surface area contributed by atoms with Gasteiger partial charge in [-0.3, -0.25) is 4.99 Å². The number of nitrogens with zero attached hydrogens (tertiary/aromatic N) is 1. The van der Waals surface area contributed by atoms with E-state index in [4.69, 9.17) is 0 Å². The number of hydrogen-bond acceptors (Lipinski definition) is 2. The van der Waals surface area contributed by atoms with Crippen LogP contribution < -0.4 is 21.3 Å². The van der Waals surface area contributed by atoms with E-state index in [0.29, 0.717) is 12.6 Å². The Kier molecular flexibility index (Phi) is 9.02. The van der Waals surface area contributed by atoms with Crippen LogP contribution in [0.4, 0.5) is 10.5 Å². The summed E-state index contributed by atoms with van der Waals surface area (Å²) in [5.41, 5.74) is 3.23. The minimum Gasteiger partial charge on any atom is -0.354 e. The van der Waals surface area contributed by atoms with E-state index in [-0.39, 0.29) is 12.1 Å². The van der Waals surface area contributed by atoms with E-state index in [9.17, 15) is 4.79 Å². The van der Waals surface area contributed by atoms with E-state index in [1.807, 2.05) is 44.2 Å². The minimum atomic E-state index is -0.194. The monoisotopic (exact) mass is 395 g/mol. The first-order valence-corrected chi connectivity index (χ1v) is 10.1. The van der Waals surface area contributed by atoms with Crippen molar-refractivity contribution >= 4 is 17.7 Å². The van der Waals surface area contributed by atoms with Crippen LogP contribution in [0.15, 0.2) is 59.6 Å². The molecule has 2 rings (SSSR count). The van der Waals surface area contributed by atoms with Crippen molar-refractivity contribution in [2.24, 2.45) is 4.99 Å². The van der Waals surface area contributed by atoms with Gasteiger partial charge in [-0.1, -0.05) is 42.5 Å². The summed E-state index contributed by atoms with van der Waals surface area (Å²) in [6.45, 7) is 6.68. The van der Waals surface area contributed by atoms with E-state index in [1.54, 1.807) is 7.05 Å². The number of anilines is 1. The summed E-state index contributed by atoms with van der Waals surface area (Å²) >= 11 is 0. The lowest BCUT2D eigenvalue weighted by Gasteiger charge is -2.18. The zero-order valence-corrected chi connectivity index (χ0v) is 17.8. The van der Waals surface area contributed by atoms with Gasteiger partial charge in [0.15, 0.2) is 5.96 Å². The number of hydrogen-bond donors (Lipinski definition) is 4. The zero-order chi connectivity index (χ0) is 21.1. The zero-order valence-electron chi connectivity index (χ0n) is 17.8. The van der Waals surface area contributed by atoms with E-state index < -0.39 is 0 Å². The Labute approximate surface area is 174 Å². The fourth-order valence-electron chi connectivity index (χ4n) is 2.85. The van der Waals surface area contributed by atoms with Gasteiger partial charge in [0.25, 0.3) is 0 Å². The number of amides is 2. The molecule has 6 nitrogen and oxygen atoms in total. The topological polar surface area (TPSA) is 77.5 Å². The third-order valence-electron chi connectivity index (χ3n) is 4.41. The number of rotatable bonds is 8. The van der Waals surface area contributed by atoms with Crippen molar-refractivity contribution in [3.8, 4) is 0 Å². The maximum Gasteiger partial charge on any atom is 0.319 e. The molecule has 0 fully saturated rings. The molecule has 6 heteroatoms. The van der Waals surface area contributed by atoms with Crippen molar-refractivity contribution in [2.75, 3.05) is 12.4 Å². The lowest BCUT2D eigenvalue weighted by molar-refractivity contribution is 0.250. The molecule has 0 aliphatic heterocycles. The number of aryl methyl sites for hydroxylation is 1. The van der Waals surface area contributed by atoms with Crippen LogP contribution in [-0.2, 0) is 13.0 Å². The molecule has 0 saturated carbocycles. The number of benzene rings is 2. The predicted octanol–water partition coefficient (Wildman–Crippen LogP) is 3.90. The highest BCUT2D eigenvalue weighted by Gasteiger charge is 2.07. The highest BCUT2D eigenvalue weighted by molar-refractivity contribution is 5.89. The quantitative estimate of drug-likeness (QED) is 0.404. The summed E-state index contributed by atoms with van der Waals surface area (Å²) in [6, 6.07) is 18.5. The number of carbonyl (C=O) groups is 1. The molecule has 0 aromatic heterocycles. The van der Waals surface area contributed by atoms with Crippen LogP contribution >= 0.6 is 0 Å². The Hall–Kier alpha value is -3.02. The molecule has 1 unspecified atom stereocenters. The maximum atomic E-state index is 11.7. The van der Waals surface area contributed by atoms with Crippen LogP contribution in [-0.4, -0.2) is 31.1 Å². The van der Waals surface area contributed by atoms with Crippen LogP contribution in [0.25, 0.3) is 0 Å². The third kappa shape index (κ3) is 8.68. The molecule has 1 atom stereocenters. The molecule has 0 heterocycles. The molecule has 0 spiro atoms. The van der Waals surface area contributed by atoms with Crippen LogP contribution in [0, 0.1) is 0 Å². The highest BCUT2D eigenvalue weighted by atomic mass is 16.2. The Morgan fingerprint density at radius 1 is 0.931 bits per heavy atom. The summed E-state index contributed by atoms with van der Waals surface area (Å²) in [7, 11) is 1.78. The standard InChI is InChI=1S/C23H33N5O/c1-17(2)26-23(29)28-21-14-12-20(13-15-21)16-25-22(24-4)27-18(3)10-11-19-8-6-5-7-9-19/h5-9,12-15,17-18H,10-11,16H2,1-4H3,(H2,24,25,27)(H2,26,28,29). The smallest absolute Gasteiger partial charge is 0.319 e. The number of carbonyl (C=O) groups excluding carboxylic acids is 1. The fraction of sp³-hybridized carbons (Fsp3) is 0.391. The van der Waals surface area contributed by atoms with E-state index >= 15 is 0 Å². The van der Waals surface area contributed by atoms with Gasteiger partial charge in [0.1, 0.15) is 0 Å². The summed E-state index contributed by atoms with van der Waals surface area (Å²) in [4.78, 5) is 16.1. The second kappa shape index (κ2) is 11.7. The van der Waals surface area contributed by atoms with Gasteiger partial charge in [-0.15, -0.1) is 0 Å². The molecule has 0 aliphatic rings. The molecule has 0 saturated heterocycles. The van der Waals surface area contributed by atoms with Crippen molar-refractivity contribution in [1.82, 2.24) is 16.0 Å². The number of urea groups is 1. The van der Waals surface area contributed by atoms with Crippen molar-refractivity contribution in [3.63, 3.8) is 0 Å². The fourth-order valence-corrected chi connectivity index (χ4v) is 2.85. The molecular weight excluding hydrogens is 362 g/mol. The first kappa shape index (κ1) is 22.3. The molecule has 0 aliphatic carbocycles. The van der Waals surface area contributed by atoms with Gasteiger partial charge in [0, 0.05) is 31.4 Å². The molecule has 0 bridgehead atoms. The van der Waals surface area contributed by atoms with Crippen molar-refractivity contribution in [2.45, 2.75) is 52.2 Å². The summed E-state index contributed by atoms with van der Waals surface area (Å²) < 4.78 is 0.